The van der Waals surface area contributed by atoms with E-state index in [-0.39, 0.29) is 17.8 Å². The van der Waals surface area contributed by atoms with E-state index in [9.17, 15) is 9.59 Å². The van der Waals surface area contributed by atoms with Crippen molar-refractivity contribution < 1.29 is 14.3 Å². The fourth-order valence-corrected chi connectivity index (χ4v) is 1.20. The summed E-state index contributed by atoms with van der Waals surface area (Å²) in [7, 11) is 0. The zero-order chi connectivity index (χ0) is 12.8. The Morgan fingerprint density at radius 2 is 1.94 bits per heavy atom. The average Bonchev–Trinajstić information content (AvgIpc) is 2.27. The third-order valence-corrected chi connectivity index (χ3v) is 2.11. The summed E-state index contributed by atoms with van der Waals surface area (Å²) in [4.78, 5) is 22.3. The van der Waals surface area contributed by atoms with E-state index in [0.29, 0.717) is 11.3 Å². The standard InChI is InChI=1S/C12H14ClNO3/c1-8(13)7-17-12(16)14-11-5-3-10(4-6-11)9(2)15/h3-6,8H,7H2,1-2H3,(H,14,16)/t8-/m0/s1. The number of carbonyl (C=O) groups excluding carboxylic acids is 2. The van der Waals surface area contributed by atoms with Crippen LogP contribution in [0.15, 0.2) is 24.3 Å². The van der Waals surface area contributed by atoms with Crippen molar-refractivity contribution in [3.63, 3.8) is 0 Å². The molecule has 17 heavy (non-hydrogen) atoms. The number of hydrogen-bond acceptors (Lipinski definition) is 3. The monoisotopic (exact) mass is 255 g/mol. The summed E-state index contributed by atoms with van der Waals surface area (Å²) >= 11 is 5.64. The van der Waals surface area contributed by atoms with Gasteiger partial charge in [-0.15, -0.1) is 11.6 Å². The van der Waals surface area contributed by atoms with Gasteiger partial charge in [-0.25, -0.2) is 4.79 Å². The number of ketones is 1. The van der Waals surface area contributed by atoms with Crippen LogP contribution < -0.4 is 5.32 Å². The van der Waals surface area contributed by atoms with Gasteiger partial charge >= 0.3 is 6.09 Å². The molecule has 0 aliphatic heterocycles. The molecule has 0 radical (unpaired) electrons. The van der Waals surface area contributed by atoms with Gasteiger partial charge in [0.25, 0.3) is 0 Å². The summed E-state index contributed by atoms with van der Waals surface area (Å²) in [6.07, 6.45) is -0.562. The quantitative estimate of drug-likeness (QED) is 0.665. The molecule has 0 aromatic heterocycles. The van der Waals surface area contributed by atoms with E-state index < -0.39 is 6.09 Å². The van der Waals surface area contributed by atoms with E-state index >= 15 is 0 Å². The number of rotatable bonds is 4. The molecule has 4 nitrogen and oxygen atoms in total. The summed E-state index contributed by atoms with van der Waals surface area (Å²) in [5, 5.41) is 2.31. The van der Waals surface area contributed by atoms with Crippen LogP contribution in [-0.2, 0) is 4.74 Å². The predicted molar refractivity (Wildman–Crippen MR) is 66.7 cm³/mol. The maximum absolute atomic E-state index is 11.3. The first-order valence-corrected chi connectivity index (χ1v) is 5.61. The molecular weight excluding hydrogens is 242 g/mol. The summed E-state index contributed by atoms with van der Waals surface area (Å²) in [5.41, 5.74) is 1.17. The Kier molecular flexibility index (Phi) is 4.97. The van der Waals surface area contributed by atoms with Gasteiger partial charge in [0.2, 0.25) is 0 Å². The lowest BCUT2D eigenvalue weighted by Crippen LogP contribution is -2.17. The Hall–Kier alpha value is -1.55. The van der Waals surface area contributed by atoms with Crippen LogP contribution in [0, 0.1) is 0 Å². The second-order valence-corrected chi connectivity index (χ2v) is 4.38. The van der Waals surface area contributed by atoms with Crippen molar-refractivity contribution >= 4 is 29.2 Å². The Morgan fingerprint density at radius 1 is 1.35 bits per heavy atom. The first-order chi connectivity index (χ1) is 7.99. The zero-order valence-corrected chi connectivity index (χ0v) is 10.5. The van der Waals surface area contributed by atoms with Crippen molar-refractivity contribution in [3.05, 3.63) is 29.8 Å². The fraction of sp³-hybridized carbons (Fsp3) is 0.333. The minimum absolute atomic E-state index is 0.0184. The van der Waals surface area contributed by atoms with Crippen LogP contribution in [0.25, 0.3) is 0 Å². The SMILES string of the molecule is CC(=O)c1ccc(NC(=O)OC[C@H](C)Cl)cc1. The summed E-state index contributed by atoms with van der Waals surface area (Å²) < 4.78 is 4.84. The Balaban J connectivity index is 2.51. The number of halogens is 1. The van der Waals surface area contributed by atoms with E-state index in [0.717, 1.165) is 0 Å². The van der Waals surface area contributed by atoms with Gasteiger partial charge in [0.15, 0.2) is 5.78 Å². The van der Waals surface area contributed by atoms with E-state index in [1.807, 2.05) is 0 Å². The molecule has 0 saturated heterocycles. The second-order valence-electron chi connectivity index (χ2n) is 3.64. The van der Waals surface area contributed by atoms with Crippen LogP contribution in [0.5, 0.6) is 0 Å². The number of alkyl halides is 1. The zero-order valence-electron chi connectivity index (χ0n) is 9.70. The maximum Gasteiger partial charge on any atom is 0.411 e. The molecule has 1 aromatic rings. The smallest absolute Gasteiger partial charge is 0.411 e. The van der Waals surface area contributed by atoms with Crippen LogP contribution in [0.1, 0.15) is 24.2 Å². The van der Waals surface area contributed by atoms with E-state index in [4.69, 9.17) is 16.3 Å². The van der Waals surface area contributed by atoms with Crippen molar-refractivity contribution in [2.45, 2.75) is 19.2 Å². The lowest BCUT2D eigenvalue weighted by Gasteiger charge is -2.08. The molecule has 0 spiro atoms. The summed E-state index contributed by atoms with van der Waals surface area (Å²) in [6, 6.07) is 6.56. The fourth-order valence-electron chi connectivity index (χ4n) is 1.13. The Bertz CT molecular complexity index is 401. The number of carbonyl (C=O) groups is 2. The number of benzene rings is 1. The maximum atomic E-state index is 11.3. The lowest BCUT2D eigenvalue weighted by molar-refractivity contribution is 0.101. The highest BCUT2D eigenvalue weighted by molar-refractivity contribution is 6.20. The van der Waals surface area contributed by atoms with Gasteiger partial charge in [0, 0.05) is 11.3 Å². The molecule has 0 aliphatic rings. The summed E-state index contributed by atoms with van der Waals surface area (Å²) in [5.74, 6) is -0.0184. The number of amides is 1. The van der Waals surface area contributed by atoms with Crippen LogP contribution in [0.3, 0.4) is 0 Å². The van der Waals surface area contributed by atoms with Gasteiger partial charge < -0.3 is 4.74 Å². The molecule has 0 unspecified atom stereocenters. The average molecular weight is 256 g/mol. The third-order valence-electron chi connectivity index (χ3n) is 1.98. The van der Waals surface area contributed by atoms with Crippen LogP contribution in [0.2, 0.25) is 0 Å². The minimum Gasteiger partial charge on any atom is -0.448 e. The van der Waals surface area contributed by atoms with Crippen LogP contribution in [-0.4, -0.2) is 23.9 Å². The molecule has 5 heteroatoms. The molecule has 1 atom stereocenters. The van der Waals surface area contributed by atoms with Gasteiger partial charge in [-0.05, 0) is 38.1 Å². The van der Waals surface area contributed by atoms with Crippen molar-refractivity contribution in [2.75, 3.05) is 11.9 Å². The number of nitrogens with one attached hydrogen (secondary N) is 1. The third kappa shape index (κ3) is 4.87. The topological polar surface area (TPSA) is 55.4 Å². The molecule has 0 bridgehead atoms. The van der Waals surface area contributed by atoms with Gasteiger partial charge in [-0.2, -0.15) is 0 Å². The van der Waals surface area contributed by atoms with E-state index in [2.05, 4.69) is 5.32 Å². The molecule has 92 valence electrons. The van der Waals surface area contributed by atoms with Crippen LogP contribution in [0.4, 0.5) is 10.5 Å². The number of ether oxygens (including phenoxy) is 1. The van der Waals surface area contributed by atoms with Crippen molar-refractivity contribution in [2.24, 2.45) is 0 Å². The number of hydrogen-bond donors (Lipinski definition) is 1. The highest BCUT2D eigenvalue weighted by Crippen LogP contribution is 2.10. The molecule has 1 aromatic carbocycles. The molecule has 0 heterocycles. The molecule has 1 amide bonds. The largest absolute Gasteiger partial charge is 0.448 e. The minimum atomic E-state index is -0.562. The second kappa shape index (κ2) is 6.25. The molecule has 0 saturated carbocycles. The molecule has 0 fully saturated rings. The van der Waals surface area contributed by atoms with Gasteiger partial charge in [-0.3, -0.25) is 10.1 Å². The highest BCUT2D eigenvalue weighted by Gasteiger charge is 2.05. The molecule has 0 aliphatic carbocycles. The van der Waals surface area contributed by atoms with Gasteiger partial charge in [0.1, 0.15) is 6.61 Å². The first-order valence-electron chi connectivity index (χ1n) is 5.18. The highest BCUT2D eigenvalue weighted by atomic mass is 35.5. The van der Waals surface area contributed by atoms with Crippen molar-refractivity contribution in [3.8, 4) is 0 Å². The van der Waals surface area contributed by atoms with E-state index in [1.54, 1.807) is 31.2 Å². The van der Waals surface area contributed by atoms with Crippen molar-refractivity contribution in [1.29, 1.82) is 0 Å². The Labute approximate surface area is 105 Å². The first kappa shape index (κ1) is 13.5. The molecule has 1 N–H and O–H groups in total. The Morgan fingerprint density at radius 3 is 2.41 bits per heavy atom. The normalized spacial score (nSPS) is 11.7. The predicted octanol–water partition coefficient (Wildman–Crippen LogP) is 3.07. The molecular formula is C12H14ClNO3. The van der Waals surface area contributed by atoms with Gasteiger partial charge in [-0.1, -0.05) is 0 Å². The van der Waals surface area contributed by atoms with Crippen molar-refractivity contribution in [1.82, 2.24) is 0 Å². The van der Waals surface area contributed by atoms with Gasteiger partial charge in [0.05, 0.1) is 5.38 Å². The number of Topliss-reactive ketones (excluding diaryl/α,β-unsaturated/α-hetero) is 1. The summed E-state index contributed by atoms with van der Waals surface area (Å²) in [6.45, 7) is 3.37. The lowest BCUT2D eigenvalue weighted by atomic mass is 10.1. The van der Waals surface area contributed by atoms with Crippen LogP contribution >= 0.6 is 11.6 Å². The van der Waals surface area contributed by atoms with E-state index in [1.165, 1.54) is 6.92 Å². The molecule has 1 rings (SSSR count). The number of anilines is 1.